The van der Waals surface area contributed by atoms with Gasteiger partial charge in [0.25, 0.3) is 0 Å². The number of hydrogen-bond donors (Lipinski definition) is 0. The standard InChI is InChI=1S/C8H9NOS/c10-5-7-4-9-8(11-7)3-6-1-2-6/h4-6H,1-3H2. The van der Waals surface area contributed by atoms with Gasteiger partial charge in [-0.25, -0.2) is 4.98 Å². The van der Waals surface area contributed by atoms with E-state index in [1.807, 2.05) is 0 Å². The van der Waals surface area contributed by atoms with Crippen molar-refractivity contribution in [3.05, 3.63) is 16.1 Å². The summed E-state index contributed by atoms with van der Waals surface area (Å²) in [6.07, 6.45) is 6.30. The van der Waals surface area contributed by atoms with E-state index in [0.29, 0.717) is 0 Å². The molecular weight excluding hydrogens is 158 g/mol. The lowest BCUT2D eigenvalue weighted by Crippen LogP contribution is -1.82. The van der Waals surface area contributed by atoms with Crippen molar-refractivity contribution in [3.63, 3.8) is 0 Å². The molecule has 0 saturated heterocycles. The van der Waals surface area contributed by atoms with Crippen LogP contribution in [0.15, 0.2) is 6.20 Å². The third-order valence-electron chi connectivity index (χ3n) is 1.85. The van der Waals surface area contributed by atoms with Crippen molar-refractivity contribution in [1.82, 2.24) is 4.98 Å². The minimum atomic E-state index is 0.751. The highest BCUT2D eigenvalue weighted by Gasteiger charge is 2.22. The Hall–Kier alpha value is -0.700. The number of aromatic nitrogens is 1. The van der Waals surface area contributed by atoms with Crippen LogP contribution in [0.3, 0.4) is 0 Å². The van der Waals surface area contributed by atoms with Gasteiger partial charge in [-0.15, -0.1) is 11.3 Å². The van der Waals surface area contributed by atoms with Crippen molar-refractivity contribution in [3.8, 4) is 0 Å². The molecule has 2 nitrogen and oxygen atoms in total. The number of hydrogen-bond acceptors (Lipinski definition) is 3. The molecule has 1 fully saturated rings. The van der Waals surface area contributed by atoms with E-state index in [-0.39, 0.29) is 0 Å². The quantitative estimate of drug-likeness (QED) is 0.644. The summed E-state index contributed by atoms with van der Waals surface area (Å²) in [5, 5.41) is 1.12. The summed E-state index contributed by atoms with van der Waals surface area (Å²) >= 11 is 1.52. The van der Waals surface area contributed by atoms with E-state index in [2.05, 4.69) is 4.98 Å². The van der Waals surface area contributed by atoms with Crippen molar-refractivity contribution in [2.24, 2.45) is 5.92 Å². The fourth-order valence-electron chi connectivity index (χ4n) is 1.04. The first-order valence-electron chi connectivity index (χ1n) is 3.78. The molecule has 0 spiro atoms. The van der Waals surface area contributed by atoms with E-state index < -0.39 is 0 Å². The normalized spacial score (nSPS) is 16.7. The van der Waals surface area contributed by atoms with Crippen LogP contribution in [-0.2, 0) is 6.42 Å². The van der Waals surface area contributed by atoms with Gasteiger partial charge in [-0.05, 0) is 18.8 Å². The van der Waals surface area contributed by atoms with Crippen LogP contribution in [0, 0.1) is 5.92 Å². The van der Waals surface area contributed by atoms with Gasteiger partial charge in [0, 0.05) is 12.6 Å². The van der Waals surface area contributed by atoms with Crippen LogP contribution in [0.25, 0.3) is 0 Å². The molecule has 2 rings (SSSR count). The number of aldehydes is 1. The van der Waals surface area contributed by atoms with Crippen LogP contribution in [0.1, 0.15) is 27.5 Å². The Balaban J connectivity index is 2.05. The molecule has 0 radical (unpaired) electrons. The maximum Gasteiger partial charge on any atom is 0.161 e. The third kappa shape index (κ3) is 1.66. The summed E-state index contributed by atoms with van der Waals surface area (Å²) in [6, 6.07) is 0. The van der Waals surface area contributed by atoms with E-state index in [9.17, 15) is 4.79 Å². The predicted octanol–water partition coefficient (Wildman–Crippen LogP) is 1.91. The molecule has 1 aromatic rings. The molecule has 0 bridgehead atoms. The number of nitrogens with zero attached hydrogens (tertiary/aromatic N) is 1. The monoisotopic (exact) mass is 167 g/mol. The average molecular weight is 167 g/mol. The number of rotatable bonds is 3. The molecule has 58 valence electrons. The summed E-state index contributed by atoms with van der Waals surface area (Å²) in [5.74, 6) is 0.862. The average Bonchev–Trinajstić information content (AvgIpc) is 2.68. The smallest absolute Gasteiger partial charge is 0.161 e. The molecule has 0 atom stereocenters. The van der Waals surface area contributed by atoms with E-state index in [1.54, 1.807) is 6.20 Å². The van der Waals surface area contributed by atoms with Crippen LogP contribution in [0.4, 0.5) is 0 Å². The van der Waals surface area contributed by atoms with Crippen LogP contribution in [-0.4, -0.2) is 11.3 Å². The fourth-order valence-corrected chi connectivity index (χ4v) is 1.89. The molecule has 0 aliphatic heterocycles. The number of carbonyl (C=O) groups excluding carboxylic acids is 1. The summed E-state index contributed by atoms with van der Waals surface area (Å²) in [4.78, 5) is 15.2. The molecule has 0 aromatic carbocycles. The van der Waals surface area contributed by atoms with Gasteiger partial charge in [-0.3, -0.25) is 4.79 Å². The maximum atomic E-state index is 10.3. The summed E-state index contributed by atoms with van der Waals surface area (Å²) < 4.78 is 0. The molecule has 0 unspecified atom stereocenters. The van der Waals surface area contributed by atoms with Crippen LogP contribution < -0.4 is 0 Å². The maximum absolute atomic E-state index is 10.3. The molecule has 0 N–H and O–H groups in total. The van der Waals surface area contributed by atoms with Crippen molar-refractivity contribution in [1.29, 1.82) is 0 Å². The zero-order chi connectivity index (χ0) is 7.68. The molecule has 1 aliphatic carbocycles. The van der Waals surface area contributed by atoms with Gasteiger partial charge in [0.15, 0.2) is 6.29 Å². The van der Waals surface area contributed by atoms with Crippen LogP contribution >= 0.6 is 11.3 Å². The van der Waals surface area contributed by atoms with Gasteiger partial charge in [0.05, 0.1) is 9.88 Å². The van der Waals surface area contributed by atoms with Crippen molar-refractivity contribution in [2.75, 3.05) is 0 Å². The lowest BCUT2D eigenvalue weighted by Gasteiger charge is -1.87. The van der Waals surface area contributed by atoms with Crippen LogP contribution in [0.2, 0.25) is 0 Å². The second kappa shape index (κ2) is 2.74. The van der Waals surface area contributed by atoms with Crippen molar-refractivity contribution >= 4 is 17.6 Å². The summed E-state index contributed by atoms with van der Waals surface area (Å²) in [7, 11) is 0. The Kier molecular flexibility index (Phi) is 1.74. The first-order valence-corrected chi connectivity index (χ1v) is 4.60. The first-order chi connectivity index (χ1) is 5.38. The van der Waals surface area contributed by atoms with Gasteiger partial charge >= 0.3 is 0 Å². The Morgan fingerprint density at radius 3 is 3.09 bits per heavy atom. The zero-order valence-electron chi connectivity index (χ0n) is 6.12. The molecule has 11 heavy (non-hydrogen) atoms. The number of carbonyl (C=O) groups is 1. The fraction of sp³-hybridized carbons (Fsp3) is 0.500. The summed E-state index contributed by atoms with van der Waals surface area (Å²) in [5.41, 5.74) is 0. The minimum absolute atomic E-state index is 0.751. The zero-order valence-corrected chi connectivity index (χ0v) is 6.93. The highest BCUT2D eigenvalue weighted by Crippen LogP contribution is 2.33. The van der Waals surface area contributed by atoms with Gasteiger partial charge in [0.1, 0.15) is 0 Å². The summed E-state index contributed by atoms with van der Waals surface area (Å²) in [6.45, 7) is 0. The van der Waals surface area contributed by atoms with Crippen LogP contribution in [0.5, 0.6) is 0 Å². The van der Waals surface area contributed by atoms with E-state index in [0.717, 1.165) is 28.5 Å². The Morgan fingerprint density at radius 1 is 1.73 bits per heavy atom. The topological polar surface area (TPSA) is 30.0 Å². The van der Waals surface area contributed by atoms with E-state index in [4.69, 9.17) is 0 Å². The molecule has 3 heteroatoms. The van der Waals surface area contributed by atoms with Gasteiger partial charge < -0.3 is 0 Å². The van der Waals surface area contributed by atoms with Crippen molar-refractivity contribution in [2.45, 2.75) is 19.3 Å². The third-order valence-corrected chi connectivity index (χ3v) is 2.79. The van der Waals surface area contributed by atoms with Gasteiger partial charge in [-0.2, -0.15) is 0 Å². The number of thiazole rings is 1. The minimum Gasteiger partial charge on any atom is -0.297 e. The predicted molar refractivity (Wildman–Crippen MR) is 43.9 cm³/mol. The Labute approximate surface area is 69.3 Å². The van der Waals surface area contributed by atoms with Crippen molar-refractivity contribution < 1.29 is 4.79 Å². The lowest BCUT2D eigenvalue weighted by atomic mass is 10.3. The molecule has 1 heterocycles. The molecule has 1 aliphatic rings. The molecule has 1 aromatic heterocycles. The molecular formula is C8H9NOS. The molecule has 1 saturated carbocycles. The lowest BCUT2D eigenvalue weighted by molar-refractivity contribution is 0.112. The van der Waals surface area contributed by atoms with Gasteiger partial charge in [-0.1, -0.05) is 0 Å². The second-order valence-corrected chi connectivity index (χ2v) is 4.07. The van der Waals surface area contributed by atoms with E-state index in [1.165, 1.54) is 24.2 Å². The second-order valence-electron chi connectivity index (χ2n) is 2.92. The first kappa shape index (κ1) is 6.98. The highest BCUT2D eigenvalue weighted by atomic mass is 32.1. The van der Waals surface area contributed by atoms with Gasteiger partial charge in [0.2, 0.25) is 0 Å². The Morgan fingerprint density at radius 2 is 2.55 bits per heavy atom. The SMILES string of the molecule is O=Cc1cnc(CC2CC2)s1. The molecule has 0 amide bonds. The van der Waals surface area contributed by atoms with E-state index >= 15 is 0 Å². The largest absolute Gasteiger partial charge is 0.297 e. The Bertz CT molecular complexity index is 265. The highest BCUT2D eigenvalue weighted by molar-refractivity contribution is 7.13.